The number of benzene rings is 1. The summed E-state index contributed by atoms with van der Waals surface area (Å²) in [7, 11) is 0. The van der Waals surface area contributed by atoms with Crippen LogP contribution in [0.3, 0.4) is 0 Å². The van der Waals surface area contributed by atoms with Gasteiger partial charge in [-0.05, 0) is 18.2 Å². The Morgan fingerprint density at radius 3 is 2.89 bits per heavy atom. The fourth-order valence-corrected chi connectivity index (χ4v) is 2.13. The molecule has 0 saturated carbocycles. The first-order valence-electron chi connectivity index (χ1n) is 5.75. The quantitative estimate of drug-likeness (QED) is 0.828. The third-order valence-electron chi connectivity index (χ3n) is 3.30. The SMILES string of the molecule is Cc1nc2cc(C(=O)C3(CO)COC3)ccc2o1. The predicted octanol–water partition coefficient (Wildman–Crippen LogP) is 1.33. The van der Waals surface area contributed by atoms with E-state index < -0.39 is 5.41 Å². The second kappa shape index (κ2) is 3.90. The Bertz CT molecular complexity index is 607. The fraction of sp³-hybridized carbons (Fsp3) is 0.385. The molecule has 0 unspecified atom stereocenters. The van der Waals surface area contributed by atoms with E-state index in [9.17, 15) is 9.90 Å². The van der Waals surface area contributed by atoms with E-state index in [0.717, 1.165) is 0 Å². The third kappa shape index (κ3) is 1.55. The van der Waals surface area contributed by atoms with Crippen molar-refractivity contribution in [2.45, 2.75) is 6.92 Å². The highest BCUT2D eigenvalue weighted by Gasteiger charge is 2.45. The number of hydrogen-bond donors (Lipinski definition) is 1. The minimum Gasteiger partial charge on any atom is -0.441 e. The highest BCUT2D eigenvalue weighted by atomic mass is 16.5. The number of aryl methyl sites for hydroxylation is 1. The van der Waals surface area contributed by atoms with Gasteiger partial charge in [-0.25, -0.2) is 4.98 Å². The molecule has 2 aromatic rings. The lowest BCUT2D eigenvalue weighted by atomic mass is 9.79. The van der Waals surface area contributed by atoms with Gasteiger partial charge < -0.3 is 14.3 Å². The highest BCUT2D eigenvalue weighted by molar-refractivity contribution is 6.03. The Kier molecular flexibility index (Phi) is 2.46. The number of oxazole rings is 1. The number of hydrogen-bond acceptors (Lipinski definition) is 5. The van der Waals surface area contributed by atoms with Gasteiger partial charge in [0.25, 0.3) is 0 Å². The van der Waals surface area contributed by atoms with Gasteiger partial charge in [-0.1, -0.05) is 0 Å². The summed E-state index contributed by atoms with van der Waals surface area (Å²) in [5.74, 6) is 0.470. The number of carbonyl (C=O) groups excluding carboxylic acids is 1. The van der Waals surface area contributed by atoms with E-state index in [1.165, 1.54) is 0 Å². The number of fused-ring (bicyclic) bond motifs is 1. The zero-order valence-electron chi connectivity index (χ0n) is 9.97. The van der Waals surface area contributed by atoms with Crippen LogP contribution in [0.15, 0.2) is 22.6 Å². The van der Waals surface area contributed by atoms with E-state index in [4.69, 9.17) is 9.15 Å². The number of Topliss-reactive ketones (excluding diaryl/α,β-unsaturated/α-hetero) is 1. The van der Waals surface area contributed by atoms with E-state index in [1.807, 2.05) is 0 Å². The summed E-state index contributed by atoms with van der Waals surface area (Å²) < 4.78 is 10.4. The first-order valence-corrected chi connectivity index (χ1v) is 5.75. The zero-order chi connectivity index (χ0) is 12.8. The van der Waals surface area contributed by atoms with Crippen LogP contribution in [-0.2, 0) is 4.74 Å². The van der Waals surface area contributed by atoms with Gasteiger partial charge >= 0.3 is 0 Å². The van der Waals surface area contributed by atoms with Crippen LogP contribution in [-0.4, -0.2) is 35.7 Å². The summed E-state index contributed by atoms with van der Waals surface area (Å²) in [5.41, 5.74) is 1.08. The summed E-state index contributed by atoms with van der Waals surface area (Å²) in [6, 6.07) is 5.13. The van der Waals surface area contributed by atoms with Gasteiger partial charge in [-0.15, -0.1) is 0 Å². The lowest BCUT2D eigenvalue weighted by Gasteiger charge is -2.38. The molecule has 94 valence electrons. The summed E-state index contributed by atoms with van der Waals surface area (Å²) >= 11 is 0. The van der Waals surface area contributed by atoms with Crippen LogP contribution in [0.2, 0.25) is 0 Å². The number of aromatic nitrogens is 1. The van der Waals surface area contributed by atoms with Crippen molar-refractivity contribution in [2.75, 3.05) is 19.8 Å². The minimum atomic E-state index is -0.771. The molecule has 0 radical (unpaired) electrons. The molecule has 2 heterocycles. The first kappa shape index (κ1) is 11.4. The molecule has 1 aliphatic heterocycles. The van der Waals surface area contributed by atoms with Crippen molar-refractivity contribution in [3.05, 3.63) is 29.7 Å². The Balaban J connectivity index is 2.01. The Morgan fingerprint density at radius 1 is 1.50 bits per heavy atom. The maximum Gasteiger partial charge on any atom is 0.192 e. The lowest BCUT2D eigenvalue weighted by Crippen LogP contribution is -2.51. The lowest BCUT2D eigenvalue weighted by molar-refractivity contribution is -0.109. The number of aliphatic hydroxyl groups is 1. The van der Waals surface area contributed by atoms with Gasteiger partial charge in [-0.2, -0.15) is 0 Å². The van der Waals surface area contributed by atoms with E-state index in [0.29, 0.717) is 22.6 Å². The molecular weight excluding hydrogens is 234 g/mol. The molecule has 1 N–H and O–H groups in total. The van der Waals surface area contributed by atoms with Gasteiger partial charge in [-0.3, -0.25) is 4.79 Å². The summed E-state index contributed by atoms with van der Waals surface area (Å²) in [6.45, 7) is 2.12. The zero-order valence-corrected chi connectivity index (χ0v) is 9.97. The molecule has 1 aromatic heterocycles. The largest absolute Gasteiger partial charge is 0.441 e. The first-order chi connectivity index (χ1) is 8.64. The number of carbonyl (C=O) groups is 1. The van der Waals surface area contributed by atoms with Crippen molar-refractivity contribution >= 4 is 16.9 Å². The van der Waals surface area contributed by atoms with Gasteiger partial charge in [0.05, 0.1) is 19.8 Å². The van der Waals surface area contributed by atoms with Crippen LogP contribution < -0.4 is 0 Å². The summed E-state index contributed by atoms with van der Waals surface area (Å²) in [4.78, 5) is 16.5. The molecule has 18 heavy (non-hydrogen) atoms. The topological polar surface area (TPSA) is 72.6 Å². The van der Waals surface area contributed by atoms with Crippen LogP contribution in [0.1, 0.15) is 16.2 Å². The highest BCUT2D eigenvalue weighted by Crippen LogP contribution is 2.32. The Morgan fingerprint density at radius 2 is 2.28 bits per heavy atom. The summed E-state index contributed by atoms with van der Waals surface area (Å²) in [6.07, 6.45) is 0. The van der Waals surface area contributed by atoms with Crippen LogP contribution in [0.4, 0.5) is 0 Å². The standard InChI is InChI=1S/C13H13NO4/c1-8-14-10-4-9(2-3-11(10)18-8)12(16)13(5-15)6-17-7-13/h2-4,15H,5-7H2,1H3. The van der Waals surface area contributed by atoms with Crippen molar-refractivity contribution in [3.8, 4) is 0 Å². The van der Waals surface area contributed by atoms with Crippen LogP contribution >= 0.6 is 0 Å². The number of ether oxygens (including phenoxy) is 1. The van der Waals surface area contributed by atoms with Crippen molar-refractivity contribution in [3.63, 3.8) is 0 Å². The molecule has 0 atom stereocenters. The van der Waals surface area contributed by atoms with Crippen molar-refractivity contribution in [1.29, 1.82) is 0 Å². The Hall–Kier alpha value is -1.72. The van der Waals surface area contributed by atoms with E-state index in [-0.39, 0.29) is 25.6 Å². The maximum absolute atomic E-state index is 12.3. The smallest absolute Gasteiger partial charge is 0.192 e. The fourth-order valence-electron chi connectivity index (χ4n) is 2.13. The molecule has 1 saturated heterocycles. The molecule has 5 nitrogen and oxygen atoms in total. The second-order valence-electron chi connectivity index (χ2n) is 4.68. The van der Waals surface area contributed by atoms with Crippen molar-refractivity contribution in [1.82, 2.24) is 4.98 Å². The van der Waals surface area contributed by atoms with Gasteiger partial charge in [0.15, 0.2) is 17.3 Å². The molecule has 3 rings (SSSR count). The number of rotatable bonds is 3. The van der Waals surface area contributed by atoms with E-state index >= 15 is 0 Å². The van der Waals surface area contributed by atoms with Gasteiger partial charge in [0.2, 0.25) is 0 Å². The molecule has 1 aromatic carbocycles. The molecule has 0 spiro atoms. The molecule has 1 fully saturated rings. The average molecular weight is 247 g/mol. The molecule has 0 amide bonds. The number of nitrogens with zero attached hydrogens (tertiary/aromatic N) is 1. The number of aliphatic hydroxyl groups excluding tert-OH is 1. The second-order valence-corrected chi connectivity index (χ2v) is 4.68. The van der Waals surface area contributed by atoms with Crippen molar-refractivity contribution in [2.24, 2.45) is 5.41 Å². The molecule has 0 aliphatic carbocycles. The normalized spacial score (nSPS) is 17.7. The Labute approximate surface area is 103 Å². The maximum atomic E-state index is 12.3. The molecule has 5 heteroatoms. The van der Waals surface area contributed by atoms with Gasteiger partial charge in [0.1, 0.15) is 10.9 Å². The molecule has 1 aliphatic rings. The molecular formula is C13H13NO4. The van der Waals surface area contributed by atoms with E-state index in [2.05, 4.69) is 4.98 Å². The van der Waals surface area contributed by atoms with Crippen LogP contribution in [0, 0.1) is 12.3 Å². The third-order valence-corrected chi connectivity index (χ3v) is 3.30. The van der Waals surface area contributed by atoms with Crippen molar-refractivity contribution < 1.29 is 19.1 Å². The average Bonchev–Trinajstić information content (AvgIpc) is 2.67. The van der Waals surface area contributed by atoms with Crippen LogP contribution in [0.5, 0.6) is 0 Å². The molecule has 0 bridgehead atoms. The monoisotopic (exact) mass is 247 g/mol. The van der Waals surface area contributed by atoms with Crippen LogP contribution in [0.25, 0.3) is 11.1 Å². The number of ketones is 1. The van der Waals surface area contributed by atoms with Gasteiger partial charge in [0, 0.05) is 12.5 Å². The predicted molar refractivity (Wildman–Crippen MR) is 63.4 cm³/mol. The summed E-state index contributed by atoms with van der Waals surface area (Å²) in [5, 5.41) is 9.35. The minimum absolute atomic E-state index is 0.0983. The van der Waals surface area contributed by atoms with E-state index in [1.54, 1.807) is 25.1 Å².